The number of para-hydroxylation sites is 1. The number of ether oxygens (including phenoxy) is 3. The van der Waals surface area contributed by atoms with Gasteiger partial charge in [0.05, 0.1) is 13.2 Å². The molecular formula is C18H28BF4N3O3. The van der Waals surface area contributed by atoms with Crippen LogP contribution in [-0.2, 0) is 14.2 Å². The third-order valence-corrected chi connectivity index (χ3v) is 4.03. The number of morpholine rings is 1. The van der Waals surface area contributed by atoms with Crippen LogP contribution in [0, 0.1) is 5.39 Å². The van der Waals surface area contributed by atoms with Gasteiger partial charge in [0.25, 0.3) is 0 Å². The van der Waals surface area contributed by atoms with Gasteiger partial charge in [0.1, 0.15) is 5.69 Å². The lowest BCUT2D eigenvalue weighted by Crippen LogP contribution is -2.52. The molecular weight excluding hydrogens is 393 g/mol. The van der Waals surface area contributed by atoms with E-state index in [1.807, 2.05) is 18.2 Å². The molecule has 2 atom stereocenters. The second kappa shape index (κ2) is 13.4. The fourth-order valence-corrected chi connectivity index (χ4v) is 2.62. The predicted molar refractivity (Wildman–Crippen MR) is 104 cm³/mol. The molecule has 2 unspecified atom stereocenters. The van der Waals surface area contributed by atoms with Gasteiger partial charge in [-0.05, 0) is 18.9 Å². The third-order valence-electron chi connectivity index (χ3n) is 4.03. The van der Waals surface area contributed by atoms with Gasteiger partial charge in [-0.2, -0.15) is 0 Å². The zero-order chi connectivity index (χ0) is 21.7. The first-order valence-corrected chi connectivity index (χ1v) is 9.73. The maximum atomic E-state index is 9.75. The maximum Gasteiger partial charge on any atom is 0.673 e. The Hall–Kier alpha value is -1.90. The summed E-state index contributed by atoms with van der Waals surface area (Å²) in [7, 11) is -6.00. The van der Waals surface area contributed by atoms with E-state index in [1.165, 1.54) is 0 Å². The highest BCUT2D eigenvalue weighted by molar-refractivity contribution is 6.50. The first-order chi connectivity index (χ1) is 13.8. The Kier molecular flexibility index (Phi) is 11.6. The Labute approximate surface area is 168 Å². The first-order valence-electron chi connectivity index (χ1n) is 9.73. The van der Waals surface area contributed by atoms with Gasteiger partial charge in [0, 0.05) is 19.3 Å². The number of diazo groups is 1. The van der Waals surface area contributed by atoms with Crippen LogP contribution in [0.1, 0.15) is 39.5 Å². The summed E-state index contributed by atoms with van der Waals surface area (Å²) >= 11 is 0. The van der Waals surface area contributed by atoms with Crippen molar-refractivity contribution in [3.8, 4) is 0 Å². The molecule has 0 aliphatic carbocycles. The summed E-state index contributed by atoms with van der Waals surface area (Å²) < 4.78 is 56.6. The van der Waals surface area contributed by atoms with E-state index in [-0.39, 0.29) is 12.5 Å². The van der Waals surface area contributed by atoms with Crippen molar-refractivity contribution in [2.75, 3.05) is 31.3 Å². The van der Waals surface area contributed by atoms with Crippen LogP contribution in [0.25, 0.3) is 4.98 Å². The van der Waals surface area contributed by atoms with Crippen LogP contribution < -0.4 is 4.90 Å². The molecule has 29 heavy (non-hydrogen) atoms. The molecule has 0 aromatic heterocycles. The second-order valence-corrected chi connectivity index (χ2v) is 6.40. The van der Waals surface area contributed by atoms with E-state index in [9.17, 15) is 22.7 Å². The Morgan fingerprint density at radius 2 is 1.69 bits per heavy atom. The van der Waals surface area contributed by atoms with Gasteiger partial charge in [-0.1, -0.05) is 38.8 Å². The topological polar surface area (TPSA) is 59.1 Å². The molecule has 0 amide bonds. The lowest BCUT2D eigenvalue weighted by Gasteiger charge is -2.39. The molecule has 1 heterocycles. The van der Waals surface area contributed by atoms with E-state index >= 15 is 0 Å². The standard InChI is InChI=1S/C18H28N3O3.BF4/c1-3-5-11-22-17-14-24-18(23-12-6-4-2)13-21(17)16-10-8-7-9-15(16)20-19;2-1(3,4)5/h7-10,17-18H,3-6,11-14H2,1-2H3;/q+1;-1. The number of hydrogen-bond acceptors (Lipinski definition) is 5. The number of benzene rings is 1. The molecule has 1 saturated heterocycles. The van der Waals surface area contributed by atoms with Gasteiger partial charge in [-0.15, -0.1) is 0 Å². The van der Waals surface area contributed by atoms with Crippen LogP contribution in [0.5, 0.6) is 0 Å². The highest BCUT2D eigenvalue weighted by Gasteiger charge is 2.34. The summed E-state index contributed by atoms with van der Waals surface area (Å²) in [5.74, 6) is 0. The Balaban J connectivity index is 0.000000749. The minimum atomic E-state index is -6.00. The van der Waals surface area contributed by atoms with Gasteiger partial charge in [0.15, 0.2) is 17.5 Å². The molecule has 0 radical (unpaired) electrons. The van der Waals surface area contributed by atoms with Crippen molar-refractivity contribution in [1.29, 1.82) is 5.39 Å². The molecule has 0 spiro atoms. The molecule has 0 bridgehead atoms. The number of unbranched alkanes of at least 4 members (excludes halogenated alkanes) is 2. The highest BCUT2D eigenvalue weighted by Crippen LogP contribution is 2.32. The van der Waals surface area contributed by atoms with Crippen molar-refractivity contribution in [3.05, 3.63) is 29.2 Å². The van der Waals surface area contributed by atoms with Gasteiger partial charge in [-0.3, -0.25) is 0 Å². The minimum Gasteiger partial charge on any atom is -0.418 e. The molecule has 1 aromatic carbocycles. The average molecular weight is 421 g/mol. The number of nitrogens with zero attached hydrogens (tertiary/aromatic N) is 3. The van der Waals surface area contributed by atoms with E-state index in [2.05, 4.69) is 23.7 Å². The molecule has 2 rings (SSSR count). The van der Waals surface area contributed by atoms with Crippen molar-refractivity contribution < 1.29 is 31.5 Å². The van der Waals surface area contributed by atoms with Crippen molar-refractivity contribution >= 4 is 18.6 Å². The van der Waals surface area contributed by atoms with E-state index in [0.717, 1.165) is 31.4 Å². The zero-order valence-corrected chi connectivity index (χ0v) is 16.8. The van der Waals surface area contributed by atoms with Gasteiger partial charge in [0.2, 0.25) is 5.39 Å². The van der Waals surface area contributed by atoms with Crippen LogP contribution in [0.15, 0.2) is 24.3 Å². The number of hydrogen-bond donors (Lipinski definition) is 0. The molecule has 11 heteroatoms. The fraction of sp³-hybridized carbons (Fsp3) is 0.667. The highest BCUT2D eigenvalue weighted by atomic mass is 19.5. The predicted octanol–water partition coefficient (Wildman–Crippen LogP) is 5.59. The summed E-state index contributed by atoms with van der Waals surface area (Å²) in [5.41, 5.74) is 1.35. The zero-order valence-electron chi connectivity index (χ0n) is 16.8. The summed E-state index contributed by atoms with van der Waals surface area (Å²) in [5, 5.41) is 9.28. The average Bonchev–Trinajstić information content (AvgIpc) is 2.68. The second-order valence-electron chi connectivity index (χ2n) is 6.40. The van der Waals surface area contributed by atoms with Crippen LogP contribution in [-0.4, -0.2) is 46.1 Å². The smallest absolute Gasteiger partial charge is 0.418 e. The van der Waals surface area contributed by atoms with E-state index in [0.29, 0.717) is 32.1 Å². The van der Waals surface area contributed by atoms with Crippen LogP contribution in [0.4, 0.5) is 28.6 Å². The lowest BCUT2D eigenvalue weighted by atomic mass is 10.2. The Bertz CT molecular complexity index is 625. The fourth-order valence-electron chi connectivity index (χ4n) is 2.62. The van der Waals surface area contributed by atoms with E-state index in [1.54, 1.807) is 6.07 Å². The Morgan fingerprint density at radius 1 is 1.10 bits per heavy atom. The molecule has 0 N–H and O–H groups in total. The molecule has 1 aliphatic rings. The molecule has 1 aliphatic heterocycles. The largest absolute Gasteiger partial charge is 0.673 e. The SMILES string of the molecule is CCCCOC1CN(c2ccccc2[N+]#N)C(OCCCC)CO1.F[B-](F)(F)F. The van der Waals surface area contributed by atoms with Crippen LogP contribution >= 0.6 is 0 Å². The first kappa shape index (κ1) is 25.1. The van der Waals surface area contributed by atoms with Crippen molar-refractivity contribution in [2.24, 2.45) is 0 Å². The van der Waals surface area contributed by atoms with E-state index < -0.39 is 7.25 Å². The van der Waals surface area contributed by atoms with Crippen molar-refractivity contribution in [2.45, 2.75) is 52.0 Å². The number of anilines is 1. The van der Waals surface area contributed by atoms with Crippen molar-refractivity contribution in [3.63, 3.8) is 0 Å². The normalized spacial score (nSPS) is 19.3. The van der Waals surface area contributed by atoms with Crippen LogP contribution in [0.3, 0.4) is 0 Å². The van der Waals surface area contributed by atoms with Gasteiger partial charge >= 0.3 is 12.9 Å². The molecule has 164 valence electrons. The Morgan fingerprint density at radius 3 is 2.28 bits per heavy atom. The molecule has 1 fully saturated rings. The quantitative estimate of drug-likeness (QED) is 0.225. The van der Waals surface area contributed by atoms with Crippen molar-refractivity contribution in [1.82, 2.24) is 0 Å². The van der Waals surface area contributed by atoms with Gasteiger partial charge < -0.3 is 36.4 Å². The summed E-state index contributed by atoms with van der Waals surface area (Å²) in [4.78, 5) is 5.47. The third kappa shape index (κ3) is 10.4. The molecule has 0 saturated carbocycles. The lowest BCUT2D eigenvalue weighted by molar-refractivity contribution is -0.182. The minimum absolute atomic E-state index is 0.203. The van der Waals surface area contributed by atoms with E-state index in [4.69, 9.17) is 14.2 Å². The number of rotatable bonds is 9. The molecule has 6 nitrogen and oxygen atoms in total. The van der Waals surface area contributed by atoms with Crippen LogP contribution in [0.2, 0.25) is 0 Å². The molecule has 1 aromatic rings. The summed E-state index contributed by atoms with van der Waals surface area (Å²) in [6.45, 7) is 6.61. The summed E-state index contributed by atoms with van der Waals surface area (Å²) in [6, 6.07) is 7.48. The monoisotopic (exact) mass is 421 g/mol. The maximum absolute atomic E-state index is 9.75. The van der Waals surface area contributed by atoms with Gasteiger partial charge in [-0.25, -0.2) is 0 Å². The number of halogens is 4. The summed E-state index contributed by atoms with van der Waals surface area (Å²) in [6.07, 6.45) is 3.69.